The number of likely N-dealkylation sites (tertiary alicyclic amines) is 1. The van der Waals surface area contributed by atoms with Crippen LogP contribution >= 0.6 is 22.7 Å². The second kappa shape index (κ2) is 10.4. The van der Waals surface area contributed by atoms with Crippen LogP contribution in [0, 0.1) is 12.8 Å². The van der Waals surface area contributed by atoms with Gasteiger partial charge < -0.3 is 10.6 Å². The Morgan fingerprint density at radius 3 is 2.93 bits per heavy atom. The SMILES string of the molecule is CCc1nc(CCNC(=NC)NCC2CCCN(C)C2c2cccs2)sc1C. The maximum absolute atomic E-state index is 4.73. The maximum Gasteiger partial charge on any atom is 0.191 e. The van der Waals surface area contributed by atoms with E-state index in [4.69, 9.17) is 4.98 Å². The molecule has 28 heavy (non-hydrogen) atoms. The fourth-order valence-electron chi connectivity index (χ4n) is 4.04. The molecule has 154 valence electrons. The van der Waals surface area contributed by atoms with Crippen molar-refractivity contribution in [2.24, 2.45) is 10.9 Å². The van der Waals surface area contributed by atoms with Gasteiger partial charge in [0.15, 0.2) is 5.96 Å². The zero-order valence-electron chi connectivity index (χ0n) is 17.5. The molecule has 5 nitrogen and oxygen atoms in total. The van der Waals surface area contributed by atoms with E-state index in [1.165, 1.54) is 39.8 Å². The first-order valence-corrected chi connectivity index (χ1v) is 11.9. The van der Waals surface area contributed by atoms with Gasteiger partial charge in [-0.15, -0.1) is 22.7 Å². The lowest BCUT2D eigenvalue weighted by Crippen LogP contribution is -2.45. The predicted octanol–water partition coefficient (Wildman–Crippen LogP) is 3.87. The van der Waals surface area contributed by atoms with Crippen molar-refractivity contribution >= 4 is 28.6 Å². The molecule has 1 aliphatic rings. The molecule has 2 aromatic rings. The van der Waals surface area contributed by atoms with Crippen molar-refractivity contribution in [1.29, 1.82) is 0 Å². The van der Waals surface area contributed by atoms with Crippen molar-refractivity contribution in [3.05, 3.63) is 38.0 Å². The van der Waals surface area contributed by atoms with Crippen molar-refractivity contribution in [3.8, 4) is 0 Å². The van der Waals surface area contributed by atoms with Crippen LogP contribution in [0.1, 0.15) is 46.3 Å². The summed E-state index contributed by atoms with van der Waals surface area (Å²) < 4.78 is 0. The van der Waals surface area contributed by atoms with E-state index in [0.717, 1.165) is 31.9 Å². The van der Waals surface area contributed by atoms with E-state index in [2.05, 4.69) is 58.9 Å². The Morgan fingerprint density at radius 2 is 2.25 bits per heavy atom. The molecule has 0 amide bonds. The summed E-state index contributed by atoms with van der Waals surface area (Å²) in [6.45, 7) is 7.32. The number of hydrogen-bond donors (Lipinski definition) is 2. The fourth-order valence-corrected chi connectivity index (χ4v) is 6.05. The van der Waals surface area contributed by atoms with Gasteiger partial charge in [0, 0.05) is 42.4 Å². The lowest BCUT2D eigenvalue weighted by Gasteiger charge is -2.39. The van der Waals surface area contributed by atoms with Crippen molar-refractivity contribution in [2.75, 3.05) is 33.7 Å². The Morgan fingerprint density at radius 1 is 1.39 bits per heavy atom. The minimum atomic E-state index is 0.505. The van der Waals surface area contributed by atoms with E-state index in [9.17, 15) is 0 Å². The minimum absolute atomic E-state index is 0.505. The quantitative estimate of drug-likeness (QED) is 0.528. The highest BCUT2D eigenvalue weighted by molar-refractivity contribution is 7.11. The Balaban J connectivity index is 1.50. The monoisotopic (exact) mass is 419 g/mol. The molecule has 2 aromatic heterocycles. The number of guanidine groups is 1. The summed E-state index contributed by atoms with van der Waals surface area (Å²) in [7, 11) is 4.10. The third-order valence-electron chi connectivity index (χ3n) is 5.50. The summed E-state index contributed by atoms with van der Waals surface area (Å²) in [5, 5.41) is 10.4. The van der Waals surface area contributed by atoms with Crippen LogP contribution in [0.3, 0.4) is 0 Å². The number of rotatable bonds is 7. The molecule has 0 aliphatic carbocycles. The third-order valence-corrected chi connectivity index (χ3v) is 7.52. The lowest BCUT2D eigenvalue weighted by molar-refractivity contribution is 0.125. The van der Waals surface area contributed by atoms with Crippen molar-refractivity contribution < 1.29 is 0 Å². The minimum Gasteiger partial charge on any atom is -0.356 e. The Hall–Kier alpha value is -1.44. The van der Waals surface area contributed by atoms with Gasteiger partial charge in [-0.05, 0) is 57.1 Å². The van der Waals surface area contributed by atoms with Gasteiger partial charge in [-0.1, -0.05) is 13.0 Å². The van der Waals surface area contributed by atoms with Crippen molar-refractivity contribution in [3.63, 3.8) is 0 Å². The number of hydrogen-bond acceptors (Lipinski definition) is 5. The molecule has 0 spiro atoms. The van der Waals surface area contributed by atoms with Crippen LogP contribution in [0.2, 0.25) is 0 Å². The maximum atomic E-state index is 4.73. The lowest BCUT2D eigenvalue weighted by atomic mass is 9.88. The first-order chi connectivity index (χ1) is 13.6. The van der Waals surface area contributed by atoms with Crippen molar-refractivity contribution in [2.45, 2.75) is 45.6 Å². The Labute approximate surface area is 177 Å². The molecule has 1 aliphatic heterocycles. The van der Waals surface area contributed by atoms with E-state index in [1.54, 1.807) is 0 Å². The van der Waals surface area contributed by atoms with Crippen LogP contribution in [0.15, 0.2) is 22.5 Å². The fraction of sp³-hybridized carbons (Fsp3) is 0.619. The number of aliphatic imine (C=N–C) groups is 1. The van der Waals surface area contributed by atoms with Gasteiger partial charge in [0.25, 0.3) is 0 Å². The molecule has 3 heterocycles. The molecule has 1 saturated heterocycles. The number of thiophene rings is 1. The van der Waals surface area contributed by atoms with E-state index < -0.39 is 0 Å². The molecule has 0 saturated carbocycles. The van der Waals surface area contributed by atoms with Crippen LogP contribution in [0.5, 0.6) is 0 Å². The first-order valence-electron chi connectivity index (χ1n) is 10.3. The van der Waals surface area contributed by atoms with Gasteiger partial charge >= 0.3 is 0 Å². The highest BCUT2D eigenvalue weighted by Crippen LogP contribution is 2.36. The molecule has 1 fully saturated rings. The Kier molecular flexibility index (Phi) is 7.88. The largest absolute Gasteiger partial charge is 0.356 e. The summed E-state index contributed by atoms with van der Waals surface area (Å²) in [6.07, 6.45) is 4.48. The van der Waals surface area contributed by atoms with Gasteiger partial charge in [0.2, 0.25) is 0 Å². The summed E-state index contributed by atoms with van der Waals surface area (Å²) in [6, 6.07) is 4.94. The smallest absolute Gasteiger partial charge is 0.191 e. The normalized spacial score (nSPS) is 21.1. The third kappa shape index (κ3) is 5.33. The van der Waals surface area contributed by atoms with Gasteiger partial charge in [0.05, 0.1) is 10.7 Å². The molecule has 0 radical (unpaired) electrons. The second-order valence-corrected chi connectivity index (χ2v) is 9.70. The average Bonchev–Trinajstić information content (AvgIpc) is 3.34. The number of nitrogens with one attached hydrogen (secondary N) is 2. The van der Waals surface area contributed by atoms with E-state index in [0.29, 0.717) is 12.0 Å². The topological polar surface area (TPSA) is 52.6 Å². The number of aromatic nitrogens is 1. The molecular formula is C21H33N5S2. The zero-order chi connectivity index (χ0) is 19.9. The van der Waals surface area contributed by atoms with Crippen LogP contribution in [0.4, 0.5) is 0 Å². The highest BCUT2D eigenvalue weighted by Gasteiger charge is 2.31. The summed E-state index contributed by atoms with van der Waals surface area (Å²) >= 11 is 3.69. The molecule has 7 heteroatoms. The summed E-state index contributed by atoms with van der Waals surface area (Å²) in [5.74, 6) is 1.49. The molecule has 2 unspecified atom stereocenters. The van der Waals surface area contributed by atoms with Gasteiger partial charge in [-0.25, -0.2) is 4.98 Å². The number of piperidine rings is 1. The number of nitrogens with zero attached hydrogens (tertiary/aromatic N) is 3. The van der Waals surface area contributed by atoms with Crippen LogP contribution in [0.25, 0.3) is 0 Å². The molecule has 2 N–H and O–H groups in total. The highest BCUT2D eigenvalue weighted by atomic mass is 32.1. The first kappa shape index (κ1) is 21.3. The number of thiazole rings is 1. The molecule has 0 bridgehead atoms. The standard InChI is InChI=1S/C21H33N5S2/c1-5-17-15(2)28-19(25-17)10-11-23-21(22-3)24-14-16-8-6-12-26(4)20(16)18-9-7-13-27-18/h7,9,13,16,20H,5-6,8,10-12,14H2,1-4H3,(H2,22,23,24). The second-order valence-electron chi connectivity index (χ2n) is 7.44. The summed E-state index contributed by atoms with van der Waals surface area (Å²) in [5.41, 5.74) is 1.24. The Bertz CT molecular complexity index is 753. The van der Waals surface area contributed by atoms with Crippen LogP contribution in [-0.4, -0.2) is 49.6 Å². The van der Waals surface area contributed by atoms with E-state index in [1.807, 2.05) is 29.7 Å². The van der Waals surface area contributed by atoms with E-state index >= 15 is 0 Å². The van der Waals surface area contributed by atoms with Gasteiger partial charge in [-0.3, -0.25) is 9.89 Å². The molecule has 2 atom stereocenters. The van der Waals surface area contributed by atoms with Gasteiger partial charge in [0.1, 0.15) is 0 Å². The van der Waals surface area contributed by atoms with Crippen LogP contribution < -0.4 is 10.6 Å². The predicted molar refractivity (Wildman–Crippen MR) is 122 cm³/mol. The molecular weight excluding hydrogens is 386 g/mol. The van der Waals surface area contributed by atoms with E-state index in [-0.39, 0.29) is 0 Å². The summed E-state index contributed by atoms with van der Waals surface area (Å²) in [4.78, 5) is 14.5. The molecule has 0 aromatic carbocycles. The zero-order valence-corrected chi connectivity index (χ0v) is 19.1. The van der Waals surface area contributed by atoms with Crippen LogP contribution in [-0.2, 0) is 12.8 Å². The van der Waals surface area contributed by atoms with Crippen molar-refractivity contribution in [1.82, 2.24) is 20.5 Å². The van der Waals surface area contributed by atoms with Gasteiger partial charge in [-0.2, -0.15) is 0 Å². The average molecular weight is 420 g/mol. The number of aryl methyl sites for hydroxylation is 2. The molecule has 3 rings (SSSR count).